The van der Waals surface area contributed by atoms with Crippen molar-refractivity contribution >= 4 is 10.9 Å². The van der Waals surface area contributed by atoms with Gasteiger partial charge in [-0.1, -0.05) is 30.3 Å². The molecule has 0 radical (unpaired) electrons. The third-order valence-corrected chi connectivity index (χ3v) is 3.63. The minimum absolute atomic E-state index is 0.266. The highest BCUT2D eigenvalue weighted by Crippen LogP contribution is 2.32. The fraction of sp³-hybridized carbons (Fsp3) is 0. The summed E-state index contributed by atoms with van der Waals surface area (Å²) in [4.78, 5) is 4.58. The van der Waals surface area contributed by atoms with Gasteiger partial charge in [0.25, 0.3) is 0 Å². The van der Waals surface area contributed by atoms with E-state index >= 15 is 0 Å². The van der Waals surface area contributed by atoms with Gasteiger partial charge in [-0.05, 0) is 47.5 Å². The number of aromatic nitrogens is 1. The first-order valence-corrected chi connectivity index (χ1v) is 7.01. The molecule has 0 saturated heterocycles. The van der Waals surface area contributed by atoms with Crippen LogP contribution in [0, 0.1) is 5.82 Å². The number of fused-ring (bicyclic) bond motifs is 1. The van der Waals surface area contributed by atoms with Crippen LogP contribution in [0.3, 0.4) is 0 Å². The van der Waals surface area contributed by atoms with E-state index < -0.39 is 0 Å². The number of benzene rings is 2. The average Bonchev–Trinajstić information content (AvgIpc) is 3.09. The average molecular weight is 289 g/mol. The first-order chi connectivity index (χ1) is 10.8. The molecule has 0 atom stereocenters. The van der Waals surface area contributed by atoms with Gasteiger partial charge in [-0.2, -0.15) is 0 Å². The zero-order chi connectivity index (χ0) is 14.9. The standard InChI is InChI=1S/C19H12FNO/c20-14-8-9-17-16(11-14)15(13-5-2-1-3-6-13)12-18(21-17)19-7-4-10-22-19/h1-12H. The van der Waals surface area contributed by atoms with Crippen molar-refractivity contribution in [2.75, 3.05) is 0 Å². The van der Waals surface area contributed by atoms with Crippen LogP contribution < -0.4 is 0 Å². The molecule has 0 saturated carbocycles. The molecule has 0 aliphatic carbocycles. The normalized spacial score (nSPS) is 11.0. The third kappa shape index (κ3) is 2.17. The van der Waals surface area contributed by atoms with E-state index in [0.29, 0.717) is 5.76 Å². The zero-order valence-electron chi connectivity index (χ0n) is 11.7. The van der Waals surface area contributed by atoms with Crippen LogP contribution >= 0.6 is 0 Å². The lowest BCUT2D eigenvalue weighted by molar-refractivity contribution is 0.580. The lowest BCUT2D eigenvalue weighted by Crippen LogP contribution is -1.90. The Morgan fingerprint density at radius 1 is 0.864 bits per heavy atom. The van der Waals surface area contributed by atoms with Gasteiger partial charge in [-0.25, -0.2) is 9.37 Å². The van der Waals surface area contributed by atoms with Crippen LogP contribution in [-0.4, -0.2) is 4.98 Å². The molecule has 0 bridgehead atoms. The Hall–Kier alpha value is -2.94. The van der Waals surface area contributed by atoms with Crippen molar-refractivity contribution in [3.63, 3.8) is 0 Å². The predicted octanol–water partition coefficient (Wildman–Crippen LogP) is 5.30. The molecular weight excluding hydrogens is 277 g/mol. The van der Waals surface area contributed by atoms with Crippen molar-refractivity contribution in [1.29, 1.82) is 0 Å². The smallest absolute Gasteiger partial charge is 0.152 e. The molecule has 2 nitrogen and oxygen atoms in total. The summed E-state index contributed by atoms with van der Waals surface area (Å²) < 4.78 is 19.1. The number of hydrogen-bond acceptors (Lipinski definition) is 2. The molecule has 4 aromatic rings. The molecule has 0 aliphatic rings. The fourth-order valence-electron chi connectivity index (χ4n) is 2.61. The van der Waals surface area contributed by atoms with E-state index in [0.717, 1.165) is 27.7 Å². The summed E-state index contributed by atoms with van der Waals surface area (Å²) in [6.07, 6.45) is 1.62. The van der Waals surface area contributed by atoms with Crippen molar-refractivity contribution in [3.05, 3.63) is 78.8 Å². The summed E-state index contributed by atoms with van der Waals surface area (Å²) in [7, 11) is 0. The zero-order valence-corrected chi connectivity index (χ0v) is 11.7. The van der Waals surface area contributed by atoms with Crippen LogP contribution in [0.25, 0.3) is 33.5 Å². The molecule has 2 aromatic heterocycles. The molecule has 0 spiro atoms. The van der Waals surface area contributed by atoms with Crippen LogP contribution in [0.4, 0.5) is 4.39 Å². The molecule has 0 N–H and O–H groups in total. The van der Waals surface area contributed by atoms with Crippen LogP contribution in [0.15, 0.2) is 77.4 Å². The van der Waals surface area contributed by atoms with Gasteiger partial charge >= 0.3 is 0 Å². The minimum Gasteiger partial charge on any atom is -0.463 e. The maximum Gasteiger partial charge on any atom is 0.152 e. The van der Waals surface area contributed by atoms with Crippen LogP contribution in [-0.2, 0) is 0 Å². The number of nitrogens with zero attached hydrogens (tertiary/aromatic N) is 1. The lowest BCUT2D eigenvalue weighted by Gasteiger charge is -2.09. The Morgan fingerprint density at radius 3 is 2.50 bits per heavy atom. The monoisotopic (exact) mass is 289 g/mol. The van der Waals surface area contributed by atoms with Crippen LogP contribution in [0.5, 0.6) is 0 Å². The van der Waals surface area contributed by atoms with Gasteiger partial charge in [0.05, 0.1) is 11.8 Å². The number of pyridine rings is 1. The van der Waals surface area contributed by atoms with Gasteiger partial charge in [-0.15, -0.1) is 0 Å². The number of halogens is 1. The molecule has 0 amide bonds. The highest BCUT2D eigenvalue weighted by molar-refractivity contribution is 5.96. The molecule has 22 heavy (non-hydrogen) atoms. The number of furan rings is 1. The largest absolute Gasteiger partial charge is 0.463 e. The van der Waals surface area contributed by atoms with Crippen molar-refractivity contribution in [3.8, 4) is 22.6 Å². The van der Waals surface area contributed by atoms with Crippen LogP contribution in [0.2, 0.25) is 0 Å². The van der Waals surface area contributed by atoms with Crippen molar-refractivity contribution in [2.24, 2.45) is 0 Å². The molecule has 0 unspecified atom stereocenters. The van der Waals surface area contributed by atoms with Gasteiger partial charge in [0, 0.05) is 5.39 Å². The molecule has 0 aliphatic heterocycles. The molecule has 4 rings (SSSR count). The second kappa shape index (κ2) is 5.11. The van der Waals surface area contributed by atoms with Crippen molar-refractivity contribution < 1.29 is 8.81 Å². The van der Waals surface area contributed by atoms with Crippen molar-refractivity contribution in [1.82, 2.24) is 4.98 Å². The minimum atomic E-state index is -0.266. The lowest BCUT2D eigenvalue weighted by atomic mass is 9.99. The Bertz CT molecular complexity index is 930. The Balaban J connectivity index is 2.05. The first-order valence-electron chi connectivity index (χ1n) is 7.01. The molecule has 3 heteroatoms. The summed E-state index contributed by atoms with van der Waals surface area (Å²) in [6.45, 7) is 0. The van der Waals surface area contributed by atoms with E-state index in [1.54, 1.807) is 12.3 Å². The molecular formula is C19H12FNO. The van der Waals surface area contributed by atoms with Gasteiger partial charge in [0.15, 0.2) is 5.76 Å². The highest BCUT2D eigenvalue weighted by Gasteiger charge is 2.11. The van der Waals surface area contributed by atoms with E-state index in [1.165, 1.54) is 12.1 Å². The Labute approximate surface area is 126 Å². The molecule has 0 fully saturated rings. The van der Waals surface area contributed by atoms with E-state index in [2.05, 4.69) is 4.98 Å². The summed E-state index contributed by atoms with van der Waals surface area (Å²) in [5.41, 5.74) is 3.45. The van der Waals surface area contributed by atoms with E-state index in [4.69, 9.17) is 4.42 Å². The van der Waals surface area contributed by atoms with Gasteiger partial charge < -0.3 is 4.42 Å². The number of hydrogen-bond donors (Lipinski definition) is 0. The third-order valence-electron chi connectivity index (χ3n) is 3.63. The van der Waals surface area contributed by atoms with Gasteiger partial charge in [0.1, 0.15) is 11.5 Å². The van der Waals surface area contributed by atoms with E-state index in [1.807, 2.05) is 48.5 Å². The van der Waals surface area contributed by atoms with Gasteiger partial charge in [0.2, 0.25) is 0 Å². The Morgan fingerprint density at radius 2 is 1.73 bits per heavy atom. The quantitative estimate of drug-likeness (QED) is 0.500. The van der Waals surface area contributed by atoms with E-state index in [-0.39, 0.29) is 5.82 Å². The highest BCUT2D eigenvalue weighted by atomic mass is 19.1. The van der Waals surface area contributed by atoms with Crippen LogP contribution in [0.1, 0.15) is 0 Å². The second-order valence-electron chi connectivity index (χ2n) is 5.06. The summed E-state index contributed by atoms with van der Waals surface area (Å²) in [6, 6.07) is 20.2. The maximum absolute atomic E-state index is 13.7. The predicted molar refractivity (Wildman–Crippen MR) is 84.8 cm³/mol. The fourth-order valence-corrected chi connectivity index (χ4v) is 2.61. The Kier molecular flexibility index (Phi) is 2.97. The molecule has 2 heterocycles. The maximum atomic E-state index is 13.7. The topological polar surface area (TPSA) is 26.0 Å². The van der Waals surface area contributed by atoms with E-state index in [9.17, 15) is 4.39 Å². The molecule has 2 aromatic carbocycles. The SMILES string of the molecule is Fc1ccc2nc(-c3ccco3)cc(-c3ccccc3)c2c1. The molecule has 106 valence electrons. The number of rotatable bonds is 2. The second-order valence-corrected chi connectivity index (χ2v) is 5.06. The van der Waals surface area contributed by atoms with Gasteiger partial charge in [-0.3, -0.25) is 0 Å². The first kappa shape index (κ1) is 12.8. The summed E-state index contributed by atoms with van der Waals surface area (Å²) in [5, 5.41) is 0.793. The van der Waals surface area contributed by atoms with Crippen molar-refractivity contribution in [2.45, 2.75) is 0 Å². The summed E-state index contributed by atoms with van der Waals surface area (Å²) in [5.74, 6) is 0.431. The summed E-state index contributed by atoms with van der Waals surface area (Å²) >= 11 is 0.